The summed E-state index contributed by atoms with van der Waals surface area (Å²) in [7, 11) is -3.55. The molecule has 1 aliphatic heterocycles. The maximum absolute atomic E-state index is 12.9. The molecular formula is C18H24N4O3S2. The third-order valence-corrected chi connectivity index (χ3v) is 7.41. The topological polar surface area (TPSA) is 92.3 Å². The molecule has 1 amide bonds. The summed E-state index contributed by atoms with van der Waals surface area (Å²) in [5.41, 5.74) is 0.377. The van der Waals surface area contributed by atoms with Gasteiger partial charge in [-0.1, -0.05) is 32.1 Å². The Morgan fingerprint density at radius 1 is 1.19 bits per heavy atom. The zero-order valence-electron chi connectivity index (χ0n) is 15.7. The largest absolute Gasteiger partial charge is 0.296 e. The highest BCUT2D eigenvalue weighted by atomic mass is 32.2. The summed E-state index contributed by atoms with van der Waals surface area (Å²) >= 11 is 1.33. The average Bonchev–Trinajstić information content (AvgIpc) is 3.08. The molecular weight excluding hydrogens is 384 g/mol. The van der Waals surface area contributed by atoms with Gasteiger partial charge in [0.05, 0.1) is 4.90 Å². The van der Waals surface area contributed by atoms with Crippen LogP contribution in [0.1, 0.15) is 42.6 Å². The van der Waals surface area contributed by atoms with Crippen molar-refractivity contribution in [2.45, 2.75) is 38.5 Å². The number of nitrogens with zero attached hydrogens (tertiary/aromatic N) is 3. The van der Waals surface area contributed by atoms with Gasteiger partial charge in [0, 0.05) is 18.7 Å². The Kier molecular flexibility index (Phi) is 5.92. The van der Waals surface area contributed by atoms with E-state index in [1.54, 1.807) is 4.31 Å². The van der Waals surface area contributed by atoms with Gasteiger partial charge in [0.1, 0.15) is 5.01 Å². The Morgan fingerprint density at radius 2 is 1.81 bits per heavy atom. The van der Waals surface area contributed by atoms with E-state index in [9.17, 15) is 13.2 Å². The van der Waals surface area contributed by atoms with Crippen LogP contribution in [-0.4, -0.2) is 41.9 Å². The van der Waals surface area contributed by atoms with Gasteiger partial charge in [0.2, 0.25) is 15.2 Å². The molecule has 2 heterocycles. The second kappa shape index (κ2) is 8.04. The van der Waals surface area contributed by atoms with Crippen LogP contribution in [0, 0.1) is 11.8 Å². The third kappa shape index (κ3) is 4.53. The number of sulfonamides is 1. The molecule has 7 nitrogen and oxygen atoms in total. The molecule has 9 heteroatoms. The number of nitrogens with one attached hydrogen (secondary N) is 1. The molecule has 3 rings (SSSR count). The van der Waals surface area contributed by atoms with E-state index in [2.05, 4.69) is 29.4 Å². The zero-order chi connectivity index (χ0) is 19.6. The van der Waals surface area contributed by atoms with E-state index in [1.807, 2.05) is 6.92 Å². The number of rotatable bonds is 5. The lowest BCUT2D eigenvalue weighted by atomic mass is 9.94. The van der Waals surface area contributed by atoms with Gasteiger partial charge < -0.3 is 0 Å². The van der Waals surface area contributed by atoms with E-state index >= 15 is 0 Å². The zero-order valence-corrected chi connectivity index (χ0v) is 17.3. The highest BCUT2D eigenvalue weighted by molar-refractivity contribution is 7.89. The van der Waals surface area contributed by atoms with E-state index in [0.717, 1.165) is 17.8 Å². The predicted octanol–water partition coefficient (Wildman–Crippen LogP) is 3.02. The summed E-state index contributed by atoms with van der Waals surface area (Å²) in [6.07, 6.45) is 1.80. The number of aromatic nitrogens is 2. The van der Waals surface area contributed by atoms with Crippen LogP contribution in [0.25, 0.3) is 0 Å². The van der Waals surface area contributed by atoms with Gasteiger partial charge in [0.15, 0.2) is 0 Å². The molecule has 0 unspecified atom stereocenters. The SMILES string of the molecule is CCc1nnc(NC(=O)c2ccc(S(=O)(=O)N3C[C@H](C)C[C@@H](C)C3)cc2)s1. The lowest BCUT2D eigenvalue weighted by molar-refractivity contribution is 0.102. The molecule has 1 saturated heterocycles. The fraction of sp³-hybridized carbons (Fsp3) is 0.500. The van der Waals surface area contributed by atoms with Gasteiger partial charge >= 0.3 is 0 Å². The van der Waals surface area contributed by atoms with E-state index in [-0.39, 0.29) is 10.8 Å². The monoisotopic (exact) mass is 408 g/mol. The second-order valence-corrected chi connectivity index (χ2v) is 10.1. The molecule has 2 atom stereocenters. The lowest BCUT2D eigenvalue weighted by Gasteiger charge is -2.34. The van der Waals surface area contributed by atoms with Crippen molar-refractivity contribution in [2.24, 2.45) is 11.8 Å². The number of amides is 1. The van der Waals surface area contributed by atoms with Gasteiger partial charge in [0.25, 0.3) is 5.91 Å². The van der Waals surface area contributed by atoms with Crippen LogP contribution in [0.15, 0.2) is 29.2 Å². The van der Waals surface area contributed by atoms with Crippen molar-refractivity contribution in [3.63, 3.8) is 0 Å². The Hall–Kier alpha value is -1.84. The van der Waals surface area contributed by atoms with Crippen molar-refractivity contribution in [2.75, 3.05) is 18.4 Å². The van der Waals surface area contributed by atoms with Crippen LogP contribution < -0.4 is 5.32 Å². The Bertz CT molecular complexity index is 899. The molecule has 0 radical (unpaired) electrons. The first-order valence-electron chi connectivity index (χ1n) is 9.03. The molecule has 0 bridgehead atoms. The van der Waals surface area contributed by atoms with Crippen molar-refractivity contribution in [1.29, 1.82) is 0 Å². The van der Waals surface area contributed by atoms with Crippen molar-refractivity contribution >= 4 is 32.4 Å². The maximum atomic E-state index is 12.9. The number of benzene rings is 1. The summed E-state index contributed by atoms with van der Waals surface area (Å²) in [5, 5.41) is 11.9. The van der Waals surface area contributed by atoms with Gasteiger partial charge in [-0.25, -0.2) is 8.42 Å². The van der Waals surface area contributed by atoms with E-state index < -0.39 is 10.0 Å². The highest BCUT2D eigenvalue weighted by Gasteiger charge is 2.31. The smallest absolute Gasteiger partial charge is 0.257 e. The first kappa shape index (κ1) is 19.9. The Morgan fingerprint density at radius 3 is 2.37 bits per heavy atom. The second-order valence-electron chi connectivity index (χ2n) is 7.10. The van der Waals surface area contributed by atoms with Crippen LogP contribution >= 0.6 is 11.3 Å². The van der Waals surface area contributed by atoms with Crippen LogP contribution in [0.4, 0.5) is 5.13 Å². The predicted molar refractivity (Wildman–Crippen MR) is 105 cm³/mol. The minimum Gasteiger partial charge on any atom is -0.296 e. The molecule has 0 aliphatic carbocycles. The lowest BCUT2D eigenvalue weighted by Crippen LogP contribution is -2.42. The van der Waals surface area contributed by atoms with Crippen LogP contribution in [0.2, 0.25) is 0 Å². The van der Waals surface area contributed by atoms with Gasteiger partial charge in [-0.3, -0.25) is 10.1 Å². The Balaban J connectivity index is 1.73. The number of carbonyl (C=O) groups is 1. The molecule has 27 heavy (non-hydrogen) atoms. The average molecular weight is 409 g/mol. The van der Waals surface area contributed by atoms with Crippen LogP contribution in [0.5, 0.6) is 0 Å². The summed E-state index contributed by atoms with van der Waals surface area (Å²) in [5.74, 6) is 0.347. The highest BCUT2D eigenvalue weighted by Crippen LogP contribution is 2.27. The molecule has 1 fully saturated rings. The molecule has 2 aromatic rings. The summed E-state index contributed by atoms with van der Waals surface area (Å²) in [6, 6.07) is 6.04. The molecule has 1 N–H and O–H groups in total. The van der Waals surface area contributed by atoms with Gasteiger partial charge in [-0.05, 0) is 48.9 Å². The van der Waals surface area contributed by atoms with Gasteiger partial charge in [-0.15, -0.1) is 10.2 Å². The van der Waals surface area contributed by atoms with Crippen molar-refractivity contribution in [3.8, 4) is 0 Å². The normalized spacial score (nSPS) is 21.1. The van der Waals surface area contributed by atoms with E-state index in [0.29, 0.717) is 35.6 Å². The summed E-state index contributed by atoms with van der Waals surface area (Å²) in [6.45, 7) is 7.18. The van der Waals surface area contributed by atoms with E-state index in [1.165, 1.54) is 35.6 Å². The third-order valence-electron chi connectivity index (χ3n) is 4.58. The number of hydrogen-bond acceptors (Lipinski definition) is 6. The quantitative estimate of drug-likeness (QED) is 0.821. The standard InChI is InChI=1S/C18H24N4O3S2/c1-4-16-20-21-18(26-16)19-17(23)14-5-7-15(8-6-14)27(24,25)22-10-12(2)9-13(3)11-22/h5-8,12-13H,4,9-11H2,1-3H3,(H,19,21,23)/t12-,13-/m1/s1. The van der Waals surface area contributed by atoms with Crippen LogP contribution in [-0.2, 0) is 16.4 Å². The number of carbonyl (C=O) groups excluding carboxylic acids is 1. The number of hydrogen-bond donors (Lipinski definition) is 1. The maximum Gasteiger partial charge on any atom is 0.257 e. The van der Waals surface area contributed by atoms with Crippen molar-refractivity contribution in [3.05, 3.63) is 34.8 Å². The fourth-order valence-electron chi connectivity index (χ4n) is 3.35. The van der Waals surface area contributed by atoms with Crippen molar-refractivity contribution in [1.82, 2.24) is 14.5 Å². The number of piperidine rings is 1. The van der Waals surface area contributed by atoms with Crippen LogP contribution in [0.3, 0.4) is 0 Å². The van der Waals surface area contributed by atoms with Gasteiger partial charge in [-0.2, -0.15) is 4.31 Å². The molecule has 1 aromatic heterocycles. The minimum atomic E-state index is -3.55. The number of aryl methyl sites for hydroxylation is 1. The van der Waals surface area contributed by atoms with Crippen molar-refractivity contribution < 1.29 is 13.2 Å². The number of anilines is 1. The first-order chi connectivity index (χ1) is 12.8. The summed E-state index contributed by atoms with van der Waals surface area (Å²) < 4.78 is 27.3. The molecule has 1 aliphatic rings. The fourth-order valence-corrected chi connectivity index (χ4v) is 5.70. The molecule has 1 aromatic carbocycles. The molecule has 0 saturated carbocycles. The first-order valence-corrected chi connectivity index (χ1v) is 11.3. The molecule has 146 valence electrons. The Labute approximate surface area is 163 Å². The summed E-state index contributed by atoms with van der Waals surface area (Å²) in [4.78, 5) is 12.5. The minimum absolute atomic E-state index is 0.213. The van der Waals surface area contributed by atoms with E-state index in [4.69, 9.17) is 0 Å². The molecule has 0 spiro atoms.